The van der Waals surface area contributed by atoms with E-state index in [2.05, 4.69) is 123 Å². The van der Waals surface area contributed by atoms with Crippen molar-refractivity contribution < 1.29 is 24.5 Å². The van der Waals surface area contributed by atoms with Crippen molar-refractivity contribution in [1.29, 1.82) is 0 Å². The van der Waals surface area contributed by atoms with Gasteiger partial charge in [-0.3, -0.25) is 9.59 Å². The number of allylic oxidation sites excluding steroid dienone is 16. The Morgan fingerprint density at radius 2 is 0.825 bits per heavy atom. The van der Waals surface area contributed by atoms with Gasteiger partial charge in [0.1, 0.15) is 6.10 Å². The van der Waals surface area contributed by atoms with E-state index in [-0.39, 0.29) is 24.9 Å². The topological polar surface area (TPSA) is 95.9 Å². The summed E-state index contributed by atoms with van der Waals surface area (Å²) in [5, 5.41) is 23.7. The molecule has 6 heteroatoms. The van der Waals surface area contributed by atoms with Crippen molar-refractivity contribution in [1.82, 2.24) is 5.32 Å². The minimum Gasteiger partial charge on any atom is -0.462 e. The van der Waals surface area contributed by atoms with Crippen LogP contribution in [0.15, 0.2) is 97.2 Å². The van der Waals surface area contributed by atoms with Gasteiger partial charge in [-0.2, -0.15) is 0 Å². The Labute approximate surface area is 388 Å². The third kappa shape index (κ3) is 45.2. The van der Waals surface area contributed by atoms with Crippen LogP contribution in [0.2, 0.25) is 0 Å². The lowest BCUT2D eigenvalue weighted by atomic mass is 10.0. The van der Waals surface area contributed by atoms with Crippen LogP contribution in [0.4, 0.5) is 0 Å². The van der Waals surface area contributed by atoms with Crippen molar-refractivity contribution in [2.24, 2.45) is 0 Å². The summed E-state index contributed by atoms with van der Waals surface area (Å²) in [5.41, 5.74) is 0. The van der Waals surface area contributed by atoms with Crippen molar-refractivity contribution in [2.45, 2.75) is 244 Å². The second kappa shape index (κ2) is 49.8. The predicted octanol–water partition coefficient (Wildman–Crippen LogP) is 15.7. The van der Waals surface area contributed by atoms with Gasteiger partial charge in [0.05, 0.1) is 25.2 Å². The largest absolute Gasteiger partial charge is 0.462 e. The Hall–Kier alpha value is -3.22. The maximum Gasteiger partial charge on any atom is 0.306 e. The van der Waals surface area contributed by atoms with Crippen LogP contribution in [0, 0.1) is 0 Å². The number of aliphatic hydroxyl groups is 2. The molecule has 0 aliphatic heterocycles. The highest BCUT2D eigenvalue weighted by Crippen LogP contribution is 2.16. The molecule has 0 heterocycles. The minimum atomic E-state index is -0.816. The molecule has 0 aliphatic rings. The van der Waals surface area contributed by atoms with Crippen LogP contribution in [0.5, 0.6) is 0 Å². The van der Waals surface area contributed by atoms with E-state index in [1.54, 1.807) is 0 Å². The summed E-state index contributed by atoms with van der Waals surface area (Å²) >= 11 is 0. The number of aliphatic hydroxyl groups excluding tert-OH is 2. The molecule has 0 radical (unpaired) electrons. The van der Waals surface area contributed by atoms with Crippen molar-refractivity contribution >= 4 is 11.9 Å². The van der Waals surface area contributed by atoms with Gasteiger partial charge in [0.15, 0.2) is 0 Å². The monoisotopic (exact) mass is 876 g/mol. The van der Waals surface area contributed by atoms with Crippen molar-refractivity contribution in [2.75, 3.05) is 6.61 Å². The Morgan fingerprint density at radius 3 is 1.25 bits per heavy atom. The molecular weight excluding hydrogens is 779 g/mol. The summed E-state index contributed by atoms with van der Waals surface area (Å²) in [6.07, 6.45) is 66.1. The summed E-state index contributed by atoms with van der Waals surface area (Å²) < 4.78 is 5.88. The van der Waals surface area contributed by atoms with Crippen LogP contribution >= 0.6 is 0 Å². The van der Waals surface area contributed by atoms with E-state index in [0.717, 1.165) is 77.0 Å². The average Bonchev–Trinajstić information content (AvgIpc) is 3.28. The normalized spacial score (nSPS) is 14.0. The standard InChI is InChI=1S/C57H97NO5/c1-4-7-10-13-16-19-22-24-26-28-30-32-34-36-39-42-45-48-53(51-56(61)58-54(52-59)55(60)49-46-43-40-37-21-18-15-12-9-6-3)63-57(62)50-47-44-41-38-35-33-31-29-27-25-23-20-17-14-11-8-5-2/h16-17,19-20,24-27,30-33,36,38-39,41,53-55,59-60H,4-15,18,21-23,28-29,34-35,37,40,42-52H2,1-3H3,(H,58,61)/b19-16-,20-17-,26-24-,27-25-,32-30-,33-31-,39-36-,41-38-. The fourth-order valence-electron chi connectivity index (χ4n) is 7.18. The Balaban J connectivity index is 4.81. The zero-order chi connectivity index (χ0) is 45.9. The van der Waals surface area contributed by atoms with E-state index in [4.69, 9.17) is 4.74 Å². The van der Waals surface area contributed by atoms with E-state index in [9.17, 15) is 19.8 Å². The molecule has 6 nitrogen and oxygen atoms in total. The molecule has 1 amide bonds. The highest BCUT2D eigenvalue weighted by molar-refractivity contribution is 5.77. The molecule has 0 fully saturated rings. The van der Waals surface area contributed by atoms with Gasteiger partial charge >= 0.3 is 5.97 Å². The lowest BCUT2D eigenvalue weighted by molar-refractivity contribution is -0.151. The molecule has 0 bridgehead atoms. The maximum absolute atomic E-state index is 13.2. The Bertz CT molecular complexity index is 1260. The van der Waals surface area contributed by atoms with Crippen molar-refractivity contribution in [3.63, 3.8) is 0 Å². The number of amides is 1. The van der Waals surface area contributed by atoms with Crippen LogP contribution in [-0.4, -0.2) is 46.9 Å². The summed E-state index contributed by atoms with van der Waals surface area (Å²) in [5.74, 6) is -0.603. The number of esters is 1. The molecule has 3 unspecified atom stereocenters. The molecule has 360 valence electrons. The number of carbonyl (C=O) groups is 2. The average molecular weight is 876 g/mol. The van der Waals surface area contributed by atoms with Crippen LogP contribution in [-0.2, 0) is 14.3 Å². The van der Waals surface area contributed by atoms with Gasteiger partial charge < -0.3 is 20.3 Å². The van der Waals surface area contributed by atoms with Gasteiger partial charge in [-0.05, 0) is 103 Å². The van der Waals surface area contributed by atoms with E-state index in [1.807, 2.05) is 0 Å². The molecular formula is C57H97NO5. The number of nitrogens with one attached hydrogen (secondary N) is 1. The summed E-state index contributed by atoms with van der Waals surface area (Å²) in [6.45, 7) is 6.38. The number of ether oxygens (including phenoxy) is 1. The predicted molar refractivity (Wildman–Crippen MR) is 273 cm³/mol. The first-order valence-corrected chi connectivity index (χ1v) is 26.0. The zero-order valence-electron chi connectivity index (χ0n) is 40.9. The van der Waals surface area contributed by atoms with Crippen molar-refractivity contribution in [3.05, 3.63) is 97.2 Å². The van der Waals surface area contributed by atoms with Gasteiger partial charge in [-0.15, -0.1) is 0 Å². The SMILES string of the molecule is CCCCC/C=C\C/C=C\C/C=C\C/C=C\CCCC(=O)OC(CCC/C=C\C/C=C\C/C=C\C/C=C\CCCCC)CC(=O)NC(CO)C(O)CCCCCCCCCCCC. The first-order chi connectivity index (χ1) is 31.0. The number of unbranched alkanes of at least 4 members (excludes halogenated alkanes) is 17. The van der Waals surface area contributed by atoms with Crippen LogP contribution in [0.3, 0.4) is 0 Å². The highest BCUT2D eigenvalue weighted by atomic mass is 16.5. The van der Waals surface area contributed by atoms with Gasteiger partial charge in [0.25, 0.3) is 0 Å². The molecule has 0 rings (SSSR count). The molecule has 3 N–H and O–H groups in total. The second-order valence-electron chi connectivity index (χ2n) is 17.2. The molecule has 0 spiro atoms. The summed E-state index contributed by atoms with van der Waals surface area (Å²) in [7, 11) is 0. The van der Waals surface area contributed by atoms with E-state index in [1.165, 1.54) is 96.3 Å². The molecule has 0 aromatic heterocycles. The quantitative estimate of drug-likeness (QED) is 0.0322. The zero-order valence-corrected chi connectivity index (χ0v) is 40.9. The molecule has 0 aromatic carbocycles. The smallest absolute Gasteiger partial charge is 0.306 e. The van der Waals surface area contributed by atoms with E-state index < -0.39 is 18.2 Å². The van der Waals surface area contributed by atoms with E-state index in [0.29, 0.717) is 25.7 Å². The second-order valence-corrected chi connectivity index (χ2v) is 17.2. The first kappa shape index (κ1) is 59.8. The molecule has 0 saturated carbocycles. The maximum atomic E-state index is 13.2. The van der Waals surface area contributed by atoms with Gasteiger partial charge in [0.2, 0.25) is 5.91 Å². The molecule has 0 saturated heterocycles. The molecule has 0 aromatic rings. The molecule has 63 heavy (non-hydrogen) atoms. The van der Waals surface area contributed by atoms with Crippen LogP contribution in [0.25, 0.3) is 0 Å². The lowest BCUT2D eigenvalue weighted by Crippen LogP contribution is -2.46. The van der Waals surface area contributed by atoms with Crippen LogP contribution < -0.4 is 5.32 Å². The van der Waals surface area contributed by atoms with Crippen LogP contribution in [0.1, 0.15) is 226 Å². The lowest BCUT2D eigenvalue weighted by Gasteiger charge is -2.24. The number of carbonyl (C=O) groups excluding carboxylic acids is 2. The molecule has 3 atom stereocenters. The third-order valence-corrected chi connectivity index (χ3v) is 11.1. The summed E-state index contributed by atoms with van der Waals surface area (Å²) in [4.78, 5) is 26.1. The Morgan fingerprint density at radius 1 is 0.460 bits per heavy atom. The first-order valence-electron chi connectivity index (χ1n) is 26.0. The van der Waals surface area contributed by atoms with Gasteiger partial charge in [0, 0.05) is 6.42 Å². The van der Waals surface area contributed by atoms with E-state index >= 15 is 0 Å². The highest BCUT2D eigenvalue weighted by Gasteiger charge is 2.24. The minimum absolute atomic E-state index is 0.0129. The fraction of sp³-hybridized carbons (Fsp3) is 0.684. The number of hydrogen-bond acceptors (Lipinski definition) is 5. The van der Waals surface area contributed by atoms with Gasteiger partial charge in [-0.25, -0.2) is 0 Å². The summed E-state index contributed by atoms with van der Waals surface area (Å²) in [6, 6.07) is -0.735. The number of hydrogen-bond donors (Lipinski definition) is 3. The Kier molecular flexibility index (Phi) is 47.2. The third-order valence-electron chi connectivity index (χ3n) is 11.1. The molecule has 0 aliphatic carbocycles. The van der Waals surface area contributed by atoms with Crippen molar-refractivity contribution in [3.8, 4) is 0 Å². The van der Waals surface area contributed by atoms with Gasteiger partial charge in [-0.1, -0.05) is 208 Å². The fourth-order valence-corrected chi connectivity index (χ4v) is 7.18. The number of rotatable bonds is 45.